The molecule has 2 heterocycles. The number of aromatic nitrogens is 1. The number of carbonyl (C=O) groups excluding carboxylic acids is 3. The molecule has 0 aliphatic carbocycles. The van der Waals surface area contributed by atoms with Gasteiger partial charge in [0.05, 0.1) is 6.04 Å². The van der Waals surface area contributed by atoms with E-state index in [9.17, 15) is 14.4 Å². The summed E-state index contributed by atoms with van der Waals surface area (Å²) in [4.78, 5) is 38.3. The minimum absolute atomic E-state index is 0.0745. The molecular weight excluding hydrogens is 464 g/mol. The molecule has 4 aromatic rings. The lowest BCUT2D eigenvalue weighted by Crippen LogP contribution is -2.40. The highest BCUT2D eigenvalue weighted by molar-refractivity contribution is 6.07. The maximum absolute atomic E-state index is 12.9. The molecule has 1 atom stereocenters. The minimum Gasteiger partial charge on any atom is -0.352 e. The molecule has 7 heteroatoms. The van der Waals surface area contributed by atoms with Crippen LogP contribution < -0.4 is 16.0 Å². The average Bonchev–Trinajstić information content (AvgIpc) is 3.25. The van der Waals surface area contributed by atoms with Crippen molar-refractivity contribution in [3.05, 3.63) is 100 Å². The van der Waals surface area contributed by atoms with Gasteiger partial charge in [-0.3, -0.25) is 14.4 Å². The van der Waals surface area contributed by atoms with Crippen LogP contribution in [0.5, 0.6) is 0 Å². The second kappa shape index (κ2) is 9.93. The van der Waals surface area contributed by atoms with E-state index in [-0.39, 0.29) is 30.2 Å². The Bertz CT molecular complexity index is 1540. The molecule has 0 saturated carbocycles. The maximum atomic E-state index is 12.9. The lowest BCUT2D eigenvalue weighted by atomic mass is 10.1. The zero-order chi connectivity index (χ0) is 26.1. The van der Waals surface area contributed by atoms with Crippen LogP contribution in [0.2, 0.25) is 0 Å². The fourth-order valence-corrected chi connectivity index (χ4v) is 4.99. The number of hydrogen-bond donors (Lipinski definition) is 3. The SMILES string of the molecule is Cc1ccc(C(=O)Nc2ccc3c(c2)cc2n3C(CC(=O)NCc3ccccc3C)CNC2=O)c(C)c1. The van der Waals surface area contributed by atoms with Gasteiger partial charge < -0.3 is 20.5 Å². The highest BCUT2D eigenvalue weighted by Crippen LogP contribution is 2.30. The molecule has 0 bridgehead atoms. The van der Waals surface area contributed by atoms with Crippen LogP contribution in [-0.2, 0) is 11.3 Å². The van der Waals surface area contributed by atoms with E-state index in [0.29, 0.717) is 30.0 Å². The number of carbonyl (C=O) groups is 3. The number of rotatable bonds is 6. The molecule has 5 rings (SSSR count). The molecule has 3 aromatic carbocycles. The van der Waals surface area contributed by atoms with Crippen LogP contribution in [0.1, 0.15) is 55.6 Å². The molecule has 1 aliphatic heterocycles. The first-order chi connectivity index (χ1) is 17.8. The van der Waals surface area contributed by atoms with Gasteiger partial charge in [-0.15, -0.1) is 0 Å². The van der Waals surface area contributed by atoms with Gasteiger partial charge in [0, 0.05) is 41.7 Å². The van der Waals surface area contributed by atoms with Gasteiger partial charge in [0.1, 0.15) is 5.69 Å². The van der Waals surface area contributed by atoms with Crippen molar-refractivity contribution < 1.29 is 14.4 Å². The zero-order valence-corrected chi connectivity index (χ0v) is 21.2. The molecule has 1 aromatic heterocycles. The van der Waals surface area contributed by atoms with E-state index in [1.807, 2.05) is 92.1 Å². The Morgan fingerprint density at radius 2 is 1.78 bits per heavy atom. The van der Waals surface area contributed by atoms with Crippen molar-refractivity contribution in [2.45, 2.75) is 39.8 Å². The smallest absolute Gasteiger partial charge is 0.268 e. The van der Waals surface area contributed by atoms with Crippen molar-refractivity contribution >= 4 is 34.3 Å². The molecule has 7 nitrogen and oxygen atoms in total. The summed E-state index contributed by atoms with van der Waals surface area (Å²) in [5.41, 5.74) is 6.86. The van der Waals surface area contributed by atoms with Crippen molar-refractivity contribution in [3.8, 4) is 0 Å². The first kappa shape index (κ1) is 24.3. The van der Waals surface area contributed by atoms with Gasteiger partial charge in [-0.05, 0) is 67.8 Å². The van der Waals surface area contributed by atoms with Gasteiger partial charge in [0.2, 0.25) is 5.91 Å². The van der Waals surface area contributed by atoms with Crippen LogP contribution in [0, 0.1) is 20.8 Å². The molecule has 3 N–H and O–H groups in total. The molecule has 1 unspecified atom stereocenters. The summed E-state index contributed by atoms with van der Waals surface area (Å²) >= 11 is 0. The van der Waals surface area contributed by atoms with Crippen molar-refractivity contribution in [3.63, 3.8) is 0 Å². The first-order valence-corrected chi connectivity index (χ1v) is 12.4. The number of amides is 3. The van der Waals surface area contributed by atoms with Crippen LogP contribution in [0.4, 0.5) is 5.69 Å². The standard InChI is InChI=1S/C30H30N4O3/c1-18-8-10-25(20(3)12-18)29(36)33-23-9-11-26-22(13-23)14-27-30(37)32-17-24(34(26)27)15-28(35)31-16-21-7-5-4-6-19(21)2/h4-14,24H,15-17H2,1-3H3,(H,31,35)(H,32,37)(H,33,36). The number of hydrogen-bond acceptors (Lipinski definition) is 3. The summed E-state index contributed by atoms with van der Waals surface area (Å²) in [6, 6.07) is 20.9. The third-order valence-electron chi connectivity index (χ3n) is 6.98. The molecule has 188 valence electrons. The molecular formula is C30H30N4O3. The fraction of sp³-hybridized carbons (Fsp3) is 0.233. The predicted molar refractivity (Wildman–Crippen MR) is 145 cm³/mol. The second-order valence-corrected chi connectivity index (χ2v) is 9.72. The summed E-state index contributed by atoms with van der Waals surface area (Å²) in [5.74, 6) is -0.426. The molecule has 0 radical (unpaired) electrons. The van der Waals surface area contributed by atoms with Gasteiger partial charge in [-0.2, -0.15) is 0 Å². The van der Waals surface area contributed by atoms with Crippen LogP contribution in [0.25, 0.3) is 10.9 Å². The molecule has 0 saturated heterocycles. The number of nitrogens with zero attached hydrogens (tertiary/aromatic N) is 1. The van der Waals surface area contributed by atoms with Crippen molar-refractivity contribution in [1.29, 1.82) is 0 Å². The molecule has 0 spiro atoms. The summed E-state index contributed by atoms with van der Waals surface area (Å²) in [6.45, 7) is 6.78. The maximum Gasteiger partial charge on any atom is 0.268 e. The van der Waals surface area contributed by atoms with Crippen LogP contribution in [-0.4, -0.2) is 28.8 Å². The monoisotopic (exact) mass is 494 g/mol. The summed E-state index contributed by atoms with van der Waals surface area (Å²) in [5, 5.41) is 9.72. The third-order valence-corrected chi connectivity index (χ3v) is 6.98. The highest BCUT2D eigenvalue weighted by Gasteiger charge is 2.28. The van der Waals surface area contributed by atoms with Gasteiger partial charge in [0.25, 0.3) is 11.8 Å². The van der Waals surface area contributed by atoms with Crippen molar-refractivity contribution in [1.82, 2.24) is 15.2 Å². The van der Waals surface area contributed by atoms with Crippen molar-refractivity contribution in [2.24, 2.45) is 0 Å². The van der Waals surface area contributed by atoms with E-state index < -0.39 is 0 Å². The minimum atomic E-state index is -0.210. The first-order valence-electron chi connectivity index (χ1n) is 12.4. The second-order valence-electron chi connectivity index (χ2n) is 9.72. The van der Waals surface area contributed by atoms with Crippen LogP contribution in [0.15, 0.2) is 66.7 Å². The van der Waals surface area contributed by atoms with Gasteiger partial charge in [-0.1, -0.05) is 42.0 Å². The molecule has 1 aliphatic rings. The van der Waals surface area contributed by atoms with Crippen LogP contribution >= 0.6 is 0 Å². The quantitative estimate of drug-likeness (QED) is 0.359. The number of benzene rings is 3. The Morgan fingerprint density at radius 3 is 2.57 bits per heavy atom. The van der Waals surface area contributed by atoms with E-state index in [2.05, 4.69) is 16.0 Å². The lowest BCUT2D eigenvalue weighted by Gasteiger charge is -2.27. The van der Waals surface area contributed by atoms with E-state index in [1.54, 1.807) is 0 Å². The van der Waals surface area contributed by atoms with Gasteiger partial charge in [0.15, 0.2) is 0 Å². The molecule has 37 heavy (non-hydrogen) atoms. The average molecular weight is 495 g/mol. The Morgan fingerprint density at radius 1 is 0.973 bits per heavy atom. The summed E-state index contributed by atoms with van der Waals surface area (Å²) in [7, 11) is 0. The fourth-order valence-electron chi connectivity index (χ4n) is 4.99. The number of anilines is 1. The summed E-state index contributed by atoms with van der Waals surface area (Å²) in [6.07, 6.45) is 0.244. The summed E-state index contributed by atoms with van der Waals surface area (Å²) < 4.78 is 1.94. The van der Waals surface area contributed by atoms with E-state index in [4.69, 9.17) is 0 Å². The third kappa shape index (κ3) is 4.98. The Labute approximate surface area is 215 Å². The number of aryl methyl sites for hydroxylation is 3. The van der Waals surface area contributed by atoms with Crippen molar-refractivity contribution in [2.75, 3.05) is 11.9 Å². The van der Waals surface area contributed by atoms with Gasteiger partial charge in [-0.25, -0.2) is 0 Å². The topological polar surface area (TPSA) is 92.2 Å². The Hall–Kier alpha value is -4.39. The number of nitrogens with one attached hydrogen (secondary N) is 3. The largest absolute Gasteiger partial charge is 0.352 e. The number of fused-ring (bicyclic) bond motifs is 3. The Kier molecular flexibility index (Phi) is 6.53. The molecule has 3 amide bonds. The van der Waals surface area contributed by atoms with E-state index >= 15 is 0 Å². The zero-order valence-electron chi connectivity index (χ0n) is 21.2. The van der Waals surface area contributed by atoms with Gasteiger partial charge >= 0.3 is 0 Å². The normalized spacial score (nSPS) is 14.7. The lowest BCUT2D eigenvalue weighted by molar-refractivity contribution is -0.122. The molecule has 0 fully saturated rings. The van der Waals surface area contributed by atoms with Crippen LogP contribution in [0.3, 0.4) is 0 Å². The predicted octanol–water partition coefficient (Wildman–Crippen LogP) is 4.81. The van der Waals surface area contributed by atoms with E-state index in [0.717, 1.165) is 33.2 Å². The Balaban J connectivity index is 1.35. The highest BCUT2D eigenvalue weighted by atomic mass is 16.2. The van der Waals surface area contributed by atoms with E-state index in [1.165, 1.54) is 0 Å².